The van der Waals surface area contributed by atoms with E-state index >= 15 is 0 Å². The SMILES string of the molecule is CCn1c(SCC(=O)Nc2cccc(Cl)c2Cl)nnc1C(C)Oc1ccc(Cl)cc1Cl. The predicted molar refractivity (Wildman–Crippen MR) is 127 cm³/mol. The molecule has 3 rings (SSSR count). The molecule has 0 spiro atoms. The Balaban J connectivity index is 1.66. The second-order valence-corrected chi connectivity index (χ2v) is 8.93. The number of carbonyl (C=O) groups excluding carboxylic acids is 1. The summed E-state index contributed by atoms with van der Waals surface area (Å²) >= 11 is 25.5. The van der Waals surface area contributed by atoms with Gasteiger partial charge in [-0.3, -0.25) is 4.79 Å². The van der Waals surface area contributed by atoms with Gasteiger partial charge in [0.15, 0.2) is 17.1 Å². The van der Waals surface area contributed by atoms with E-state index in [1.807, 2.05) is 18.4 Å². The zero-order valence-corrected chi connectivity index (χ0v) is 20.4. The van der Waals surface area contributed by atoms with Gasteiger partial charge in [-0.2, -0.15) is 0 Å². The van der Waals surface area contributed by atoms with Crippen molar-refractivity contribution >= 4 is 69.8 Å². The molecule has 0 aliphatic rings. The van der Waals surface area contributed by atoms with Crippen LogP contribution in [0.3, 0.4) is 0 Å². The molecule has 1 aromatic heterocycles. The van der Waals surface area contributed by atoms with Crippen LogP contribution >= 0.6 is 58.2 Å². The van der Waals surface area contributed by atoms with E-state index in [0.29, 0.717) is 49.1 Å². The van der Waals surface area contributed by atoms with Crippen LogP contribution in [-0.2, 0) is 11.3 Å². The summed E-state index contributed by atoms with van der Waals surface area (Å²) in [5.41, 5.74) is 0.458. The molecular weight excluding hydrogens is 502 g/mol. The molecule has 31 heavy (non-hydrogen) atoms. The minimum Gasteiger partial charge on any atom is -0.481 e. The highest BCUT2D eigenvalue weighted by atomic mass is 35.5. The van der Waals surface area contributed by atoms with Gasteiger partial charge in [0.2, 0.25) is 5.91 Å². The molecule has 1 atom stereocenters. The van der Waals surface area contributed by atoms with Crippen molar-refractivity contribution < 1.29 is 9.53 Å². The van der Waals surface area contributed by atoms with E-state index in [9.17, 15) is 4.79 Å². The van der Waals surface area contributed by atoms with Gasteiger partial charge in [0.25, 0.3) is 0 Å². The first kappa shape index (κ1) is 24.0. The minimum atomic E-state index is -0.417. The fourth-order valence-corrected chi connectivity index (χ4v) is 4.35. The molecule has 0 saturated heterocycles. The van der Waals surface area contributed by atoms with Crippen LogP contribution in [-0.4, -0.2) is 26.4 Å². The number of aromatic nitrogens is 3. The van der Waals surface area contributed by atoms with Gasteiger partial charge in [0, 0.05) is 11.6 Å². The number of carbonyl (C=O) groups is 1. The molecule has 0 aliphatic carbocycles. The standard InChI is InChI=1S/C20H18Cl4N4O2S/c1-3-28-19(11(2)30-16-8-7-12(21)9-14(16)23)26-27-20(28)31-10-17(29)25-15-6-4-5-13(22)18(15)24/h4-9,11H,3,10H2,1-2H3,(H,25,29). The first-order chi connectivity index (χ1) is 14.8. The van der Waals surface area contributed by atoms with Gasteiger partial charge in [0.1, 0.15) is 5.75 Å². The number of amides is 1. The summed E-state index contributed by atoms with van der Waals surface area (Å²) in [6.07, 6.45) is -0.417. The molecule has 0 saturated carbocycles. The summed E-state index contributed by atoms with van der Waals surface area (Å²) in [5.74, 6) is 1.00. The minimum absolute atomic E-state index is 0.124. The second-order valence-electron chi connectivity index (χ2n) is 6.36. The molecule has 0 fully saturated rings. The lowest BCUT2D eigenvalue weighted by molar-refractivity contribution is -0.113. The normalized spacial score (nSPS) is 11.9. The van der Waals surface area contributed by atoms with Crippen molar-refractivity contribution in [2.45, 2.75) is 31.7 Å². The summed E-state index contributed by atoms with van der Waals surface area (Å²) in [7, 11) is 0. The number of ether oxygens (including phenoxy) is 1. The molecule has 1 N–H and O–H groups in total. The molecule has 6 nitrogen and oxygen atoms in total. The number of hydrogen-bond donors (Lipinski definition) is 1. The van der Waals surface area contributed by atoms with Crippen LogP contribution in [0.2, 0.25) is 20.1 Å². The molecule has 0 bridgehead atoms. The van der Waals surface area contributed by atoms with E-state index < -0.39 is 6.10 Å². The molecule has 0 aliphatic heterocycles. The summed E-state index contributed by atoms with van der Waals surface area (Å²) in [4.78, 5) is 12.4. The van der Waals surface area contributed by atoms with Crippen LogP contribution < -0.4 is 10.1 Å². The number of nitrogens with zero attached hydrogens (tertiary/aromatic N) is 3. The van der Waals surface area contributed by atoms with Gasteiger partial charge in [-0.1, -0.05) is 64.2 Å². The Morgan fingerprint density at radius 1 is 1.16 bits per heavy atom. The lowest BCUT2D eigenvalue weighted by atomic mass is 10.3. The molecule has 0 radical (unpaired) electrons. The fraction of sp³-hybridized carbons (Fsp3) is 0.250. The number of halogens is 4. The first-order valence-corrected chi connectivity index (χ1v) is 11.7. The zero-order valence-electron chi connectivity index (χ0n) is 16.5. The highest BCUT2D eigenvalue weighted by Gasteiger charge is 2.20. The number of anilines is 1. The van der Waals surface area contributed by atoms with Crippen molar-refractivity contribution in [1.29, 1.82) is 0 Å². The lowest BCUT2D eigenvalue weighted by Gasteiger charge is -2.16. The van der Waals surface area contributed by atoms with E-state index in [0.717, 1.165) is 0 Å². The zero-order chi connectivity index (χ0) is 22.5. The number of benzene rings is 2. The highest BCUT2D eigenvalue weighted by Crippen LogP contribution is 2.32. The number of thioether (sulfide) groups is 1. The summed E-state index contributed by atoms with van der Waals surface area (Å²) in [5, 5.41) is 13.4. The van der Waals surface area contributed by atoms with Crippen LogP contribution in [0.15, 0.2) is 41.6 Å². The van der Waals surface area contributed by atoms with Gasteiger partial charge in [-0.05, 0) is 44.2 Å². The third-order valence-corrected chi connectivity index (χ3v) is 6.50. The highest BCUT2D eigenvalue weighted by molar-refractivity contribution is 7.99. The van der Waals surface area contributed by atoms with Crippen molar-refractivity contribution in [1.82, 2.24) is 14.8 Å². The molecule has 11 heteroatoms. The molecule has 3 aromatic rings. The predicted octanol–water partition coefficient (Wildman–Crippen LogP) is 6.78. The Bertz CT molecular complexity index is 1090. The van der Waals surface area contributed by atoms with Crippen LogP contribution in [0.25, 0.3) is 0 Å². The summed E-state index contributed by atoms with van der Waals surface area (Å²) < 4.78 is 7.83. The quantitative estimate of drug-likeness (QED) is 0.332. The number of hydrogen-bond acceptors (Lipinski definition) is 5. The van der Waals surface area contributed by atoms with E-state index in [4.69, 9.17) is 51.1 Å². The van der Waals surface area contributed by atoms with Crippen LogP contribution in [0.5, 0.6) is 5.75 Å². The molecule has 1 unspecified atom stereocenters. The molecule has 2 aromatic carbocycles. The second kappa shape index (κ2) is 10.8. The average molecular weight is 520 g/mol. The van der Waals surface area contributed by atoms with E-state index in [-0.39, 0.29) is 11.7 Å². The average Bonchev–Trinajstić information content (AvgIpc) is 3.15. The Hall–Kier alpha value is -1.64. The van der Waals surface area contributed by atoms with Gasteiger partial charge in [-0.25, -0.2) is 0 Å². The van der Waals surface area contributed by atoms with Gasteiger partial charge < -0.3 is 14.6 Å². The number of rotatable bonds is 8. The smallest absolute Gasteiger partial charge is 0.234 e. The Kier molecular flexibility index (Phi) is 8.36. The van der Waals surface area contributed by atoms with Crippen LogP contribution in [0.1, 0.15) is 25.8 Å². The maximum absolute atomic E-state index is 12.4. The van der Waals surface area contributed by atoms with Crippen molar-refractivity contribution in [3.05, 3.63) is 62.3 Å². The van der Waals surface area contributed by atoms with Crippen molar-refractivity contribution in [3.8, 4) is 5.75 Å². The molecule has 164 valence electrons. The Morgan fingerprint density at radius 2 is 1.94 bits per heavy atom. The van der Waals surface area contributed by atoms with Crippen LogP contribution in [0, 0.1) is 0 Å². The fourth-order valence-electron chi connectivity index (χ4n) is 2.74. The third kappa shape index (κ3) is 5.99. The largest absolute Gasteiger partial charge is 0.481 e. The topological polar surface area (TPSA) is 69.0 Å². The number of nitrogens with one attached hydrogen (secondary N) is 1. The summed E-state index contributed by atoms with van der Waals surface area (Å²) in [6.45, 7) is 4.42. The Morgan fingerprint density at radius 3 is 2.65 bits per heavy atom. The maximum Gasteiger partial charge on any atom is 0.234 e. The molecule has 1 heterocycles. The van der Waals surface area contributed by atoms with Crippen molar-refractivity contribution in [3.63, 3.8) is 0 Å². The lowest BCUT2D eigenvalue weighted by Crippen LogP contribution is -2.15. The monoisotopic (exact) mass is 518 g/mol. The van der Waals surface area contributed by atoms with Crippen LogP contribution in [0.4, 0.5) is 5.69 Å². The summed E-state index contributed by atoms with van der Waals surface area (Å²) in [6, 6.07) is 10.1. The molecular formula is C20H18Cl4N4O2S. The molecule has 1 amide bonds. The van der Waals surface area contributed by atoms with Crippen molar-refractivity contribution in [2.75, 3.05) is 11.1 Å². The Labute approximate surface area is 204 Å². The van der Waals surface area contributed by atoms with Gasteiger partial charge >= 0.3 is 0 Å². The van der Waals surface area contributed by atoms with Crippen molar-refractivity contribution in [2.24, 2.45) is 0 Å². The van der Waals surface area contributed by atoms with E-state index in [1.54, 1.807) is 36.4 Å². The van der Waals surface area contributed by atoms with Gasteiger partial charge in [0.05, 0.1) is 26.5 Å². The maximum atomic E-state index is 12.4. The van der Waals surface area contributed by atoms with E-state index in [2.05, 4.69) is 15.5 Å². The van der Waals surface area contributed by atoms with Gasteiger partial charge in [-0.15, -0.1) is 10.2 Å². The first-order valence-electron chi connectivity index (χ1n) is 9.21. The van der Waals surface area contributed by atoms with E-state index in [1.165, 1.54) is 11.8 Å². The third-order valence-electron chi connectivity index (χ3n) is 4.18.